The normalized spacial score (nSPS) is 19.0. The Balaban J connectivity index is 2.37. The molecule has 3 heteroatoms. The highest BCUT2D eigenvalue weighted by Gasteiger charge is 2.02. The minimum absolute atomic E-state index is 0.102. The van der Waals surface area contributed by atoms with Crippen molar-refractivity contribution in [2.45, 2.75) is 0 Å². The molecule has 9 heavy (non-hydrogen) atoms. The molecular weight excluding hydrogens is 200 g/mol. The van der Waals surface area contributed by atoms with Crippen LogP contribution in [0.2, 0.25) is 0 Å². The molecule has 0 N–H and O–H groups in total. The molecule has 0 aromatic rings. The van der Waals surface area contributed by atoms with E-state index in [1.165, 1.54) is 0 Å². The van der Waals surface area contributed by atoms with Gasteiger partial charge in [-0.1, -0.05) is 12.2 Å². The molecule has 0 atom stereocenters. The number of carbonyl (C=O) groups excluding carboxylic acids is 1. The van der Waals surface area contributed by atoms with Gasteiger partial charge >= 0.3 is 0 Å². The maximum Gasteiger partial charge on any atom is 0.206 e. The van der Waals surface area contributed by atoms with E-state index in [0.29, 0.717) is 5.75 Å². The summed E-state index contributed by atoms with van der Waals surface area (Å²) in [6, 6.07) is 0. The molecule has 1 aliphatic rings. The molecule has 0 bridgehead atoms. The second kappa shape index (κ2) is 3.22. The predicted molar refractivity (Wildman–Crippen MR) is 46.1 cm³/mol. The smallest absolute Gasteiger partial charge is 0.206 e. The number of carbonyl (C=O) groups is 1. The fraction of sp³-hybridized carbons (Fsp3) is 0.167. The topological polar surface area (TPSA) is 17.1 Å². The highest BCUT2D eigenvalue weighted by molar-refractivity contribution is 9.18. The van der Waals surface area contributed by atoms with Crippen LogP contribution in [0.15, 0.2) is 23.0 Å². The van der Waals surface area contributed by atoms with Gasteiger partial charge in [-0.3, -0.25) is 4.79 Å². The Labute approximate surface area is 65.3 Å². The summed E-state index contributed by atoms with van der Waals surface area (Å²) in [5.41, 5.74) is 0. The van der Waals surface area contributed by atoms with Crippen molar-refractivity contribution in [3.8, 4) is 0 Å². The Morgan fingerprint density at radius 3 is 2.44 bits per heavy atom. The number of hydrogen-bond acceptors (Lipinski definition) is 1. The van der Waals surface area contributed by atoms with Gasteiger partial charge in [0.15, 0.2) is 0 Å². The van der Waals surface area contributed by atoms with Gasteiger partial charge in [0.2, 0.25) is 4.69 Å². The lowest BCUT2D eigenvalue weighted by Gasteiger charge is -2.03. The molecular formula is C6H7BrOS. The molecule has 0 saturated heterocycles. The Kier molecular flexibility index (Phi) is 2.54. The van der Waals surface area contributed by atoms with Crippen molar-refractivity contribution in [1.29, 1.82) is 0 Å². The van der Waals surface area contributed by atoms with Gasteiger partial charge in [0.25, 0.3) is 0 Å². The highest BCUT2D eigenvalue weighted by atomic mass is 79.9. The first kappa shape index (κ1) is 7.09. The third kappa shape index (κ3) is 2.37. The second-order valence-electron chi connectivity index (χ2n) is 1.71. The maximum atomic E-state index is 10.5. The molecule has 0 aromatic heterocycles. The molecule has 1 nitrogen and oxygen atoms in total. The molecule has 1 rings (SSSR count). The lowest BCUT2D eigenvalue weighted by atomic mass is 10.6. The predicted octanol–water partition coefficient (Wildman–Crippen LogP) is 1.95. The zero-order valence-electron chi connectivity index (χ0n) is 4.75. The van der Waals surface area contributed by atoms with Crippen molar-refractivity contribution < 1.29 is 4.79 Å². The Bertz CT molecular complexity index is 162. The van der Waals surface area contributed by atoms with Crippen molar-refractivity contribution >= 4 is 31.5 Å². The summed E-state index contributed by atoms with van der Waals surface area (Å²) < 4.78 is 0.102. The first-order valence-electron chi connectivity index (χ1n) is 2.58. The fourth-order valence-electron chi connectivity index (χ4n) is 0.619. The molecule has 50 valence electrons. The van der Waals surface area contributed by atoms with E-state index < -0.39 is 0 Å². The van der Waals surface area contributed by atoms with Crippen LogP contribution in [-0.4, -0.2) is 10.4 Å². The quantitative estimate of drug-likeness (QED) is 0.541. The summed E-state index contributed by atoms with van der Waals surface area (Å²) in [6.07, 6.45) is 3.98. The molecule has 0 amide bonds. The Hall–Kier alpha value is -0.0200. The van der Waals surface area contributed by atoms with E-state index in [1.807, 2.05) is 12.2 Å². The van der Waals surface area contributed by atoms with Gasteiger partial charge in [-0.05, 0) is 26.7 Å². The van der Waals surface area contributed by atoms with E-state index in [4.69, 9.17) is 0 Å². The molecule has 0 aliphatic carbocycles. The van der Waals surface area contributed by atoms with Gasteiger partial charge in [0.05, 0.1) is 5.75 Å². The third-order valence-electron chi connectivity index (χ3n) is 0.973. The zero-order valence-corrected chi connectivity index (χ0v) is 7.23. The van der Waals surface area contributed by atoms with Gasteiger partial charge < -0.3 is 0 Å². The molecule has 0 saturated carbocycles. The van der Waals surface area contributed by atoms with Crippen LogP contribution in [-0.2, 0) is 4.79 Å². The maximum absolute atomic E-state index is 10.5. The van der Waals surface area contributed by atoms with Crippen LogP contribution in [0.3, 0.4) is 0 Å². The SMILES string of the molecule is O=C(Br)C[SH]1C=CC=C1. The van der Waals surface area contributed by atoms with Crippen molar-refractivity contribution in [2.24, 2.45) is 0 Å². The van der Waals surface area contributed by atoms with E-state index in [2.05, 4.69) is 26.7 Å². The highest BCUT2D eigenvalue weighted by Crippen LogP contribution is 2.32. The first-order chi connectivity index (χ1) is 4.29. The summed E-state index contributed by atoms with van der Waals surface area (Å²) in [5, 5.41) is 4.16. The Morgan fingerprint density at radius 1 is 1.44 bits per heavy atom. The standard InChI is InChI=1S/C6H7BrOS/c7-6(8)5-9-3-1-2-4-9/h1-4,9H,5H2. The number of hydrogen-bond donors (Lipinski definition) is 1. The van der Waals surface area contributed by atoms with Gasteiger partial charge in [0, 0.05) is 0 Å². The average Bonchev–Trinajstić information content (AvgIpc) is 2.15. The Morgan fingerprint density at radius 2 is 2.00 bits per heavy atom. The van der Waals surface area contributed by atoms with Crippen LogP contribution in [0.4, 0.5) is 0 Å². The number of rotatable bonds is 2. The molecule has 0 radical (unpaired) electrons. The van der Waals surface area contributed by atoms with Crippen LogP contribution in [0.5, 0.6) is 0 Å². The molecule has 0 unspecified atom stereocenters. The molecule has 1 heterocycles. The minimum Gasteiger partial charge on any atom is -0.286 e. The van der Waals surface area contributed by atoms with E-state index in [-0.39, 0.29) is 15.6 Å². The molecule has 0 spiro atoms. The van der Waals surface area contributed by atoms with E-state index in [1.54, 1.807) is 0 Å². The molecule has 0 aromatic carbocycles. The summed E-state index contributed by atoms with van der Waals surface area (Å²) in [5.74, 6) is 0.641. The summed E-state index contributed by atoms with van der Waals surface area (Å²) in [6.45, 7) is 0. The van der Waals surface area contributed by atoms with Crippen molar-refractivity contribution in [2.75, 3.05) is 5.75 Å². The van der Waals surface area contributed by atoms with Crippen molar-refractivity contribution in [3.63, 3.8) is 0 Å². The van der Waals surface area contributed by atoms with E-state index in [0.717, 1.165) is 0 Å². The summed E-state index contributed by atoms with van der Waals surface area (Å²) in [7, 11) is -0.242. The van der Waals surface area contributed by atoms with Gasteiger partial charge in [-0.25, -0.2) is 10.9 Å². The number of thiol groups is 1. The minimum atomic E-state index is -0.242. The number of halogens is 1. The van der Waals surface area contributed by atoms with Gasteiger partial charge in [0.1, 0.15) is 0 Å². The first-order valence-corrected chi connectivity index (χ1v) is 5.04. The van der Waals surface area contributed by atoms with Crippen molar-refractivity contribution in [3.05, 3.63) is 23.0 Å². The lowest BCUT2D eigenvalue weighted by molar-refractivity contribution is -0.108. The summed E-state index contributed by atoms with van der Waals surface area (Å²) >= 11 is 2.89. The largest absolute Gasteiger partial charge is 0.286 e. The second-order valence-corrected chi connectivity index (χ2v) is 4.54. The zero-order chi connectivity index (χ0) is 6.69. The lowest BCUT2D eigenvalue weighted by Crippen LogP contribution is -1.90. The van der Waals surface area contributed by atoms with E-state index >= 15 is 0 Å². The van der Waals surface area contributed by atoms with Gasteiger partial charge in [-0.15, -0.1) is 0 Å². The third-order valence-corrected chi connectivity index (χ3v) is 3.45. The van der Waals surface area contributed by atoms with Crippen LogP contribution in [0.25, 0.3) is 0 Å². The molecule has 0 fully saturated rings. The van der Waals surface area contributed by atoms with Gasteiger partial charge in [-0.2, -0.15) is 0 Å². The van der Waals surface area contributed by atoms with Crippen LogP contribution >= 0.6 is 26.8 Å². The van der Waals surface area contributed by atoms with Crippen LogP contribution < -0.4 is 0 Å². The average molecular weight is 207 g/mol. The van der Waals surface area contributed by atoms with Crippen LogP contribution in [0.1, 0.15) is 0 Å². The number of allylic oxidation sites excluding steroid dienone is 2. The molecule has 1 aliphatic heterocycles. The summed E-state index contributed by atoms with van der Waals surface area (Å²) in [4.78, 5) is 10.5. The van der Waals surface area contributed by atoms with E-state index in [9.17, 15) is 4.79 Å². The monoisotopic (exact) mass is 206 g/mol. The van der Waals surface area contributed by atoms with Crippen LogP contribution in [0, 0.1) is 0 Å². The van der Waals surface area contributed by atoms with Crippen molar-refractivity contribution in [1.82, 2.24) is 0 Å². The fourth-order valence-corrected chi connectivity index (χ4v) is 2.73.